The normalized spacial score (nSPS) is 10.3. The van der Waals surface area contributed by atoms with Crippen LogP contribution in [0.3, 0.4) is 0 Å². The molecule has 0 spiro atoms. The van der Waals surface area contributed by atoms with Gasteiger partial charge in [0.15, 0.2) is 0 Å². The monoisotopic (exact) mass is 206 g/mol. The number of rotatable bonds is 1. The van der Waals surface area contributed by atoms with E-state index >= 15 is 0 Å². The average molecular weight is 206 g/mol. The van der Waals surface area contributed by atoms with Crippen LogP contribution >= 0.6 is 11.3 Å². The number of nitrogens with two attached hydrogens (primary N) is 2. The van der Waals surface area contributed by atoms with Crippen LogP contribution in [0.25, 0.3) is 11.1 Å². The largest absolute Gasteiger partial charge is 0.507 e. The van der Waals surface area contributed by atoms with E-state index in [-0.39, 0.29) is 5.75 Å². The van der Waals surface area contributed by atoms with E-state index in [0.717, 1.165) is 11.1 Å². The molecular weight excluding hydrogens is 196 g/mol. The summed E-state index contributed by atoms with van der Waals surface area (Å²) in [6.07, 6.45) is 0. The van der Waals surface area contributed by atoms with Crippen LogP contribution in [0.2, 0.25) is 0 Å². The SMILES string of the molecule is Nc1ccc(-c2cscc2N)c(O)c1. The van der Waals surface area contributed by atoms with Crippen LogP contribution in [0, 0.1) is 0 Å². The molecule has 0 unspecified atom stereocenters. The molecule has 2 aromatic rings. The van der Waals surface area contributed by atoms with Crippen molar-refractivity contribution in [2.45, 2.75) is 0 Å². The van der Waals surface area contributed by atoms with Crippen LogP contribution < -0.4 is 11.5 Å². The Morgan fingerprint density at radius 1 is 1.07 bits per heavy atom. The number of phenols is 1. The van der Waals surface area contributed by atoms with Gasteiger partial charge in [0.25, 0.3) is 0 Å². The van der Waals surface area contributed by atoms with Crippen molar-refractivity contribution in [2.24, 2.45) is 0 Å². The summed E-state index contributed by atoms with van der Waals surface area (Å²) in [6.45, 7) is 0. The van der Waals surface area contributed by atoms with Gasteiger partial charge in [-0.2, -0.15) is 0 Å². The van der Waals surface area contributed by atoms with Crippen LogP contribution in [-0.4, -0.2) is 5.11 Å². The van der Waals surface area contributed by atoms with E-state index in [1.54, 1.807) is 12.1 Å². The van der Waals surface area contributed by atoms with Crippen LogP contribution in [0.5, 0.6) is 5.75 Å². The van der Waals surface area contributed by atoms with Gasteiger partial charge in [0, 0.05) is 33.6 Å². The van der Waals surface area contributed by atoms with E-state index in [4.69, 9.17) is 11.5 Å². The Hall–Kier alpha value is -1.68. The molecule has 0 atom stereocenters. The highest BCUT2D eigenvalue weighted by Gasteiger charge is 2.08. The third kappa shape index (κ3) is 1.40. The quantitative estimate of drug-likeness (QED) is 0.627. The first-order valence-corrected chi connectivity index (χ1v) is 5.03. The Balaban J connectivity index is 2.58. The lowest BCUT2D eigenvalue weighted by Crippen LogP contribution is -1.87. The molecule has 1 heterocycles. The maximum absolute atomic E-state index is 9.66. The molecule has 0 saturated carbocycles. The highest BCUT2D eigenvalue weighted by atomic mass is 32.1. The lowest BCUT2D eigenvalue weighted by Gasteiger charge is -2.04. The minimum absolute atomic E-state index is 0.162. The molecule has 0 bridgehead atoms. The predicted octanol–water partition coefficient (Wildman–Crippen LogP) is 2.29. The third-order valence-corrected chi connectivity index (χ3v) is 2.77. The van der Waals surface area contributed by atoms with Gasteiger partial charge in [-0.1, -0.05) is 0 Å². The van der Waals surface area contributed by atoms with E-state index in [1.807, 2.05) is 10.8 Å². The number of anilines is 2. The Morgan fingerprint density at radius 2 is 1.86 bits per heavy atom. The van der Waals surface area contributed by atoms with Gasteiger partial charge in [-0.05, 0) is 12.1 Å². The van der Waals surface area contributed by atoms with Crippen molar-refractivity contribution < 1.29 is 5.11 Å². The Kier molecular flexibility index (Phi) is 2.05. The summed E-state index contributed by atoms with van der Waals surface area (Å²) in [4.78, 5) is 0. The molecule has 14 heavy (non-hydrogen) atoms. The summed E-state index contributed by atoms with van der Waals surface area (Å²) < 4.78 is 0. The highest BCUT2D eigenvalue weighted by Crippen LogP contribution is 2.36. The van der Waals surface area contributed by atoms with Gasteiger partial charge in [0.1, 0.15) is 5.75 Å². The summed E-state index contributed by atoms with van der Waals surface area (Å²) in [5, 5.41) is 13.4. The number of aromatic hydroxyl groups is 1. The summed E-state index contributed by atoms with van der Waals surface area (Å²) in [5.74, 6) is 0.162. The Morgan fingerprint density at radius 3 is 2.43 bits per heavy atom. The van der Waals surface area contributed by atoms with Gasteiger partial charge in [0.05, 0.1) is 5.69 Å². The van der Waals surface area contributed by atoms with E-state index < -0.39 is 0 Å². The molecule has 0 aliphatic rings. The number of thiophene rings is 1. The minimum atomic E-state index is 0.162. The molecule has 0 radical (unpaired) electrons. The molecule has 3 nitrogen and oxygen atoms in total. The van der Waals surface area contributed by atoms with Gasteiger partial charge < -0.3 is 16.6 Å². The molecular formula is C10H10N2OS. The summed E-state index contributed by atoms with van der Waals surface area (Å²) in [7, 11) is 0. The minimum Gasteiger partial charge on any atom is -0.507 e. The van der Waals surface area contributed by atoms with E-state index in [1.165, 1.54) is 17.4 Å². The molecule has 1 aromatic carbocycles. The first-order chi connectivity index (χ1) is 6.68. The third-order valence-electron chi connectivity index (χ3n) is 2.00. The molecule has 0 fully saturated rings. The fraction of sp³-hybridized carbons (Fsp3) is 0. The van der Waals surface area contributed by atoms with Crippen molar-refractivity contribution in [2.75, 3.05) is 11.5 Å². The van der Waals surface area contributed by atoms with Gasteiger partial charge in [-0.3, -0.25) is 0 Å². The Bertz CT molecular complexity index is 465. The fourth-order valence-electron chi connectivity index (χ4n) is 1.30. The van der Waals surface area contributed by atoms with Crippen LogP contribution in [0.1, 0.15) is 0 Å². The molecule has 72 valence electrons. The summed E-state index contributed by atoms with van der Waals surface area (Å²) >= 11 is 1.51. The van der Waals surface area contributed by atoms with Crippen molar-refractivity contribution in [3.05, 3.63) is 29.0 Å². The maximum atomic E-state index is 9.66. The van der Waals surface area contributed by atoms with Crippen LogP contribution in [0.4, 0.5) is 11.4 Å². The molecule has 4 heteroatoms. The standard InChI is InChI=1S/C10H10N2OS/c11-6-1-2-7(10(13)3-6)8-4-14-5-9(8)12/h1-5,13H,11-12H2. The topological polar surface area (TPSA) is 72.3 Å². The van der Waals surface area contributed by atoms with Gasteiger partial charge >= 0.3 is 0 Å². The van der Waals surface area contributed by atoms with Crippen molar-refractivity contribution in [3.63, 3.8) is 0 Å². The predicted molar refractivity (Wildman–Crippen MR) is 60.2 cm³/mol. The number of phenolic OH excluding ortho intramolecular Hbond substituents is 1. The molecule has 5 N–H and O–H groups in total. The number of hydrogen-bond acceptors (Lipinski definition) is 4. The second kappa shape index (κ2) is 3.23. The number of benzene rings is 1. The lowest BCUT2D eigenvalue weighted by atomic mass is 10.1. The second-order valence-electron chi connectivity index (χ2n) is 3.02. The number of nitrogen functional groups attached to an aromatic ring is 2. The molecule has 0 aliphatic carbocycles. The Labute approximate surface area is 85.6 Å². The summed E-state index contributed by atoms with van der Waals surface area (Å²) in [5.41, 5.74) is 14.1. The summed E-state index contributed by atoms with van der Waals surface area (Å²) in [6, 6.07) is 5.03. The van der Waals surface area contributed by atoms with Gasteiger partial charge in [0.2, 0.25) is 0 Å². The van der Waals surface area contributed by atoms with Crippen molar-refractivity contribution in [3.8, 4) is 16.9 Å². The van der Waals surface area contributed by atoms with Gasteiger partial charge in [-0.15, -0.1) is 11.3 Å². The zero-order valence-electron chi connectivity index (χ0n) is 7.40. The van der Waals surface area contributed by atoms with E-state index in [0.29, 0.717) is 11.4 Å². The fourth-order valence-corrected chi connectivity index (χ4v) is 2.04. The average Bonchev–Trinajstić information content (AvgIpc) is 2.52. The van der Waals surface area contributed by atoms with E-state index in [2.05, 4.69) is 0 Å². The van der Waals surface area contributed by atoms with Gasteiger partial charge in [-0.25, -0.2) is 0 Å². The molecule has 0 saturated heterocycles. The smallest absolute Gasteiger partial charge is 0.125 e. The maximum Gasteiger partial charge on any atom is 0.125 e. The van der Waals surface area contributed by atoms with Crippen LogP contribution in [-0.2, 0) is 0 Å². The molecule has 0 aliphatic heterocycles. The second-order valence-corrected chi connectivity index (χ2v) is 3.76. The highest BCUT2D eigenvalue weighted by molar-refractivity contribution is 7.08. The molecule has 1 aromatic heterocycles. The van der Waals surface area contributed by atoms with Crippen molar-refractivity contribution in [1.29, 1.82) is 0 Å². The zero-order chi connectivity index (χ0) is 10.1. The zero-order valence-corrected chi connectivity index (χ0v) is 8.21. The van der Waals surface area contributed by atoms with Crippen molar-refractivity contribution in [1.82, 2.24) is 0 Å². The molecule has 2 rings (SSSR count). The van der Waals surface area contributed by atoms with E-state index in [9.17, 15) is 5.11 Å². The number of hydrogen-bond donors (Lipinski definition) is 3. The first-order valence-electron chi connectivity index (χ1n) is 4.09. The van der Waals surface area contributed by atoms with Crippen LogP contribution in [0.15, 0.2) is 29.0 Å². The molecule has 0 amide bonds. The van der Waals surface area contributed by atoms with Crippen molar-refractivity contribution >= 4 is 22.7 Å². The first kappa shape index (κ1) is 8.90. The lowest BCUT2D eigenvalue weighted by molar-refractivity contribution is 0.477.